The molecule has 7 heteroatoms. The minimum absolute atomic E-state index is 0.224. The number of pyridine rings is 1. The molecular formula is C35H30Br2NO4+. The summed E-state index contributed by atoms with van der Waals surface area (Å²) in [6, 6.07) is 26.0. The molecule has 2 aliphatic heterocycles. The van der Waals surface area contributed by atoms with E-state index in [9.17, 15) is 0 Å². The molecule has 5 nitrogen and oxygen atoms in total. The Bertz CT molecular complexity index is 1760. The first-order valence-corrected chi connectivity index (χ1v) is 15.7. The van der Waals surface area contributed by atoms with Gasteiger partial charge in [0.25, 0.3) is 0 Å². The number of aryl methyl sites for hydroxylation is 3. The first-order chi connectivity index (χ1) is 20.5. The van der Waals surface area contributed by atoms with Gasteiger partial charge >= 0.3 is 0 Å². The SMILES string of the molecule is COc1ccc2c(CCC(c3ccc(Br)cc3)c3ccc(Br)cc3)c3[n+](cc2c1OC)CCc1cc2c(cc1-3)OCO2. The summed E-state index contributed by atoms with van der Waals surface area (Å²) in [6.45, 7) is 1.13. The van der Waals surface area contributed by atoms with Gasteiger partial charge in [0.15, 0.2) is 35.7 Å². The summed E-state index contributed by atoms with van der Waals surface area (Å²) < 4.78 is 27.7. The molecular weight excluding hydrogens is 658 g/mol. The van der Waals surface area contributed by atoms with E-state index >= 15 is 0 Å². The highest BCUT2D eigenvalue weighted by Gasteiger charge is 2.32. The number of rotatable bonds is 7. The highest BCUT2D eigenvalue weighted by Crippen LogP contribution is 2.44. The van der Waals surface area contributed by atoms with E-state index < -0.39 is 0 Å². The maximum Gasteiger partial charge on any atom is 0.231 e. The normalized spacial score (nSPS) is 13.3. The molecule has 4 aromatic carbocycles. The van der Waals surface area contributed by atoms with Gasteiger partial charge in [-0.25, -0.2) is 0 Å². The second-order valence-electron chi connectivity index (χ2n) is 10.7. The van der Waals surface area contributed by atoms with Crippen LogP contribution in [0.2, 0.25) is 0 Å². The van der Waals surface area contributed by atoms with E-state index in [2.05, 4.69) is 109 Å². The number of ether oxygens (including phenoxy) is 4. The fourth-order valence-corrected chi connectivity index (χ4v) is 7.00. The molecule has 7 rings (SSSR count). The van der Waals surface area contributed by atoms with Gasteiger partial charge < -0.3 is 18.9 Å². The second kappa shape index (κ2) is 11.3. The Balaban J connectivity index is 1.41. The molecule has 0 radical (unpaired) electrons. The van der Waals surface area contributed by atoms with Crippen molar-refractivity contribution < 1.29 is 23.5 Å². The van der Waals surface area contributed by atoms with Crippen molar-refractivity contribution in [1.82, 2.24) is 0 Å². The van der Waals surface area contributed by atoms with Crippen LogP contribution in [0.3, 0.4) is 0 Å². The molecule has 2 aliphatic rings. The van der Waals surface area contributed by atoms with Crippen LogP contribution >= 0.6 is 31.9 Å². The van der Waals surface area contributed by atoms with Crippen LogP contribution < -0.4 is 23.5 Å². The van der Waals surface area contributed by atoms with Gasteiger partial charge in [0, 0.05) is 32.2 Å². The Labute approximate surface area is 262 Å². The molecule has 1 aromatic heterocycles. The van der Waals surface area contributed by atoms with Gasteiger partial charge in [0.05, 0.1) is 25.2 Å². The third-order valence-corrected chi connectivity index (χ3v) is 9.53. The third-order valence-electron chi connectivity index (χ3n) is 8.47. The lowest BCUT2D eigenvalue weighted by atomic mass is 9.83. The standard InChI is InChI=1S/C35H30Br2NO4/c1-39-31-14-13-27-28(12-11-26(21-3-7-24(36)8-4-21)22-5-9-25(37)10-6-22)34-29-18-33-32(41-20-42-33)17-23(29)15-16-38(34)19-30(27)35(31)40-2/h3-10,13-14,17-19,26H,11-12,15-16,20H2,1-2H3/q+1. The largest absolute Gasteiger partial charge is 0.493 e. The molecule has 42 heavy (non-hydrogen) atoms. The van der Waals surface area contributed by atoms with Crippen LogP contribution in [0, 0.1) is 0 Å². The Hall–Kier alpha value is -3.55. The predicted molar refractivity (Wildman–Crippen MR) is 171 cm³/mol. The fraction of sp³-hybridized carbons (Fsp3) is 0.229. The van der Waals surface area contributed by atoms with Crippen molar-refractivity contribution in [2.45, 2.75) is 31.7 Å². The maximum atomic E-state index is 5.93. The smallest absolute Gasteiger partial charge is 0.231 e. The fourth-order valence-electron chi connectivity index (χ4n) is 6.47. The van der Waals surface area contributed by atoms with Crippen molar-refractivity contribution in [3.63, 3.8) is 0 Å². The van der Waals surface area contributed by atoms with Crippen LogP contribution in [0.5, 0.6) is 23.0 Å². The summed E-state index contributed by atoms with van der Waals surface area (Å²) in [5.74, 6) is 3.37. The van der Waals surface area contributed by atoms with Crippen LogP contribution in [0.4, 0.5) is 0 Å². The first kappa shape index (κ1) is 27.3. The highest BCUT2D eigenvalue weighted by molar-refractivity contribution is 9.10. The van der Waals surface area contributed by atoms with E-state index in [1.54, 1.807) is 14.2 Å². The van der Waals surface area contributed by atoms with Gasteiger partial charge in [-0.15, -0.1) is 0 Å². The van der Waals surface area contributed by atoms with Crippen LogP contribution in [-0.2, 0) is 19.4 Å². The van der Waals surface area contributed by atoms with E-state index in [0.717, 1.165) is 63.1 Å². The quantitative estimate of drug-likeness (QED) is 0.161. The number of fused-ring (bicyclic) bond motifs is 5. The molecule has 212 valence electrons. The average molecular weight is 688 g/mol. The van der Waals surface area contributed by atoms with Gasteiger partial charge in [-0.05, 0) is 78.1 Å². The van der Waals surface area contributed by atoms with Crippen molar-refractivity contribution in [2.24, 2.45) is 0 Å². The van der Waals surface area contributed by atoms with Crippen molar-refractivity contribution in [1.29, 1.82) is 0 Å². The summed E-state index contributed by atoms with van der Waals surface area (Å²) >= 11 is 7.23. The molecule has 0 N–H and O–H groups in total. The van der Waals surface area contributed by atoms with E-state index in [4.69, 9.17) is 18.9 Å². The molecule has 0 atom stereocenters. The minimum Gasteiger partial charge on any atom is -0.493 e. The summed E-state index contributed by atoms with van der Waals surface area (Å²) in [7, 11) is 3.41. The molecule has 0 amide bonds. The predicted octanol–water partition coefficient (Wildman–Crippen LogP) is 8.39. The minimum atomic E-state index is 0.224. The molecule has 5 aromatic rings. The number of hydrogen-bond acceptors (Lipinski definition) is 4. The number of halogens is 2. The number of hydrogen-bond donors (Lipinski definition) is 0. The van der Waals surface area contributed by atoms with Crippen molar-refractivity contribution in [3.8, 4) is 34.3 Å². The Morgan fingerprint density at radius 2 is 1.48 bits per heavy atom. The molecule has 0 unspecified atom stereocenters. The Kier molecular flexibility index (Phi) is 7.32. The van der Waals surface area contributed by atoms with Gasteiger partial charge in [0.1, 0.15) is 0 Å². The van der Waals surface area contributed by atoms with Crippen LogP contribution in [0.1, 0.15) is 34.6 Å². The zero-order valence-electron chi connectivity index (χ0n) is 23.5. The number of methoxy groups -OCH3 is 2. The van der Waals surface area contributed by atoms with Crippen molar-refractivity contribution in [2.75, 3.05) is 21.0 Å². The topological polar surface area (TPSA) is 40.8 Å². The summed E-state index contributed by atoms with van der Waals surface area (Å²) in [5, 5.41) is 2.23. The summed E-state index contributed by atoms with van der Waals surface area (Å²) in [6.07, 6.45) is 4.95. The van der Waals surface area contributed by atoms with E-state index in [0.29, 0.717) is 0 Å². The van der Waals surface area contributed by atoms with Gasteiger partial charge in [-0.3, -0.25) is 0 Å². The van der Waals surface area contributed by atoms with Crippen molar-refractivity contribution >= 4 is 42.6 Å². The summed E-state index contributed by atoms with van der Waals surface area (Å²) in [4.78, 5) is 0. The van der Waals surface area contributed by atoms with E-state index in [1.807, 2.05) is 6.07 Å². The molecule has 0 fully saturated rings. The van der Waals surface area contributed by atoms with Crippen LogP contribution in [-0.4, -0.2) is 21.0 Å². The Morgan fingerprint density at radius 3 is 2.12 bits per heavy atom. The zero-order chi connectivity index (χ0) is 28.8. The van der Waals surface area contributed by atoms with Gasteiger partial charge in [0.2, 0.25) is 12.5 Å². The molecule has 3 heterocycles. The maximum absolute atomic E-state index is 5.93. The second-order valence-corrected chi connectivity index (χ2v) is 12.6. The highest BCUT2D eigenvalue weighted by atomic mass is 79.9. The zero-order valence-corrected chi connectivity index (χ0v) is 26.6. The Morgan fingerprint density at radius 1 is 0.810 bits per heavy atom. The van der Waals surface area contributed by atoms with Crippen molar-refractivity contribution in [3.05, 3.63) is 110 Å². The molecule has 0 aliphatic carbocycles. The van der Waals surface area contributed by atoms with Gasteiger partial charge in [-0.2, -0.15) is 4.57 Å². The van der Waals surface area contributed by atoms with E-state index in [1.165, 1.54) is 38.9 Å². The number of nitrogens with zero attached hydrogens (tertiary/aromatic N) is 1. The average Bonchev–Trinajstić information content (AvgIpc) is 3.48. The lowest BCUT2D eigenvalue weighted by molar-refractivity contribution is -0.686. The van der Waals surface area contributed by atoms with Crippen LogP contribution in [0.25, 0.3) is 22.0 Å². The van der Waals surface area contributed by atoms with E-state index in [-0.39, 0.29) is 12.7 Å². The summed E-state index contributed by atoms with van der Waals surface area (Å²) in [5.41, 5.74) is 7.63. The molecule has 0 saturated carbocycles. The first-order valence-electron chi connectivity index (χ1n) is 14.1. The lowest BCUT2D eigenvalue weighted by Crippen LogP contribution is -2.41. The third kappa shape index (κ3) is 4.82. The monoisotopic (exact) mass is 686 g/mol. The molecule has 0 bridgehead atoms. The van der Waals surface area contributed by atoms with Crippen LogP contribution in [0.15, 0.2) is 87.9 Å². The number of benzene rings is 4. The molecule has 0 spiro atoms. The lowest BCUT2D eigenvalue weighted by Gasteiger charge is -2.23. The number of aromatic nitrogens is 1. The molecule has 0 saturated heterocycles. The van der Waals surface area contributed by atoms with Gasteiger partial charge in [-0.1, -0.05) is 56.1 Å².